The zero-order valence-electron chi connectivity index (χ0n) is 10.1. The maximum atomic E-state index is 11.5. The van der Waals surface area contributed by atoms with E-state index in [-0.39, 0.29) is 17.2 Å². The Morgan fingerprint density at radius 2 is 2.15 bits per heavy atom. The molecule has 5 N–H and O–H groups in total. The van der Waals surface area contributed by atoms with Gasteiger partial charge in [-0.3, -0.25) is 4.57 Å². The Morgan fingerprint density at radius 1 is 1.40 bits per heavy atom. The first-order valence-electron chi connectivity index (χ1n) is 5.78. The topological polar surface area (TPSA) is 157 Å². The second-order valence-corrected chi connectivity index (χ2v) is 4.39. The van der Waals surface area contributed by atoms with Crippen molar-refractivity contribution in [1.82, 2.24) is 14.5 Å². The van der Waals surface area contributed by atoms with E-state index in [0.29, 0.717) is 0 Å². The minimum Gasteiger partial charge on any atom is -0.394 e. The Bertz CT molecular complexity index is 697. The highest BCUT2D eigenvalue weighted by Gasteiger charge is 2.44. The molecule has 0 aromatic carbocycles. The first-order chi connectivity index (χ1) is 9.52. The van der Waals surface area contributed by atoms with E-state index in [1.165, 1.54) is 10.9 Å². The minimum absolute atomic E-state index is 0.0635. The van der Waals surface area contributed by atoms with Crippen LogP contribution in [0.5, 0.6) is 0 Å². The zero-order valence-corrected chi connectivity index (χ0v) is 10.1. The molecule has 10 heteroatoms. The summed E-state index contributed by atoms with van der Waals surface area (Å²) >= 11 is 0. The second-order valence-electron chi connectivity index (χ2n) is 4.39. The number of fused-ring (bicyclic) bond motifs is 1. The Balaban J connectivity index is 2.09. The SMILES string of the molecule is Nc1nc2c(ncn2[C@@H]2O[C@H](CO)[C@H](O)C2O)c(=O)o1. The van der Waals surface area contributed by atoms with Crippen LogP contribution in [0.1, 0.15) is 6.23 Å². The van der Waals surface area contributed by atoms with Gasteiger partial charge in [0.25, 0.3) is 6.01 Å². The van der Waals surface area contributed by atoms with Crippen LogP contribution in [0.4, 0.5) is 6.01 Å². The van der Waals surface area contributed by atoms with Crippen molar-refractivity contribution >= 4 is 17.2 Å². The molecule has 1 aliphatic rings. The van der Waals surface area contributed by atoms with Gasteiger partial charge in [0.05, 0.1) is 12.9 Å². The molecule has 0 bridgehead atoms. The summed E-state index contributed by atoms with van der Waals surface area (Å²) in [6.07, 6.45) is -3.33. The van der Waals surface area contributed by atoms with E-state index in [0.717, 1.165) is 0 Å². The van der Waals surface area contributed by atoms with E-state index >= 15 is 0 Å². The summed E-state index contributed by atoms with van der Waals surface area (Å²) in [5.41, 5.74) is 4.58. The Hall–Kier alpha value is -2.01. The third-order valence-electron chi connectivity index (χ3n) is 3.17. The molecule has 3 rings (SSSR count). The Morgan fingerprint density at radius 3 is 2.80 bits per heavy atom. The molecule has 108 valence electrons. The van der Waals surface area contributed by atoms with Gasteiger partial charge in [-0.15, -0.1) is 0 Å². The van der Waals surface area contributed by atoms with Gasteiger partial charge in [0, 0.05) is 0 Å². The largest absolute Gasteiger partial charge is 0.394 e. The summed E-state index contributed by atoms with van der Waals surface area (Å²) in [6.45, 7) is -0.459. The molecule has 1 unspecified atom stereocenters. The summed E-state index contributed by atoms with van der Waals surface area (Å²) in [4.78, 5) is 19.2. The zero-order chi connectivity index (χ0) is 14.4. The summed E-state index contributed by atoms with van der Waals surface area (Å²) in [6, 6.07) is -0.351. The van der Waals surface area contributed by atoms with Crippen molar-refractivity contribution in [2.75, 3.05) is 12.3 Å². The molecule has 0 radical (unpaired) electrons. The number of aliphatic hydroxyl groups is 3. The molecular formula is C10H12N4O6. The van der Waals surface area contributed by atoms with Crippen molar-refractivity contribution in [1.29, 1.82) is 0 Å². The number of aromatic nitrogens is 3. The number of ether oxygens (including phenoxy) is 1. The predicted molar refractivity (Wildman–Crippen MR) is 63.5 cm³/mol. The number of aliphatic hydroxyl groups excluding tert-OH is 3. The number of hydrogen-bond donors (Lipinski definition) is 4. The van der Waals surface area contributed by atoms with Gasteiger partial charge >= 0.3 is 5.63 Å². The smallest absolute Gasteiger partial charge is 0.368 e. The van der Waals surface area contributed by atoms with Crippen LogP contribution in [0.15, 0.2) is 15.5 Å². The number of rotatable bonds is 2. The molecule has 0 amide bonds. The fourth-order valence-corrected chi connectivity index (χ4v) is 2.18. The van der Waals surface area contributed by atoms with Crippen molar-refractivity contribution < 1.29 is 24.5 Å². The molecule has 2 aromatic rings. The number of nitrogen functional groups attached to an aromatic ring is 1. The van der Waals surface area contributed by atoms with Gasteiger partial charge in [0.1, 0.15) is 18.3 Å². The van der Waals surface area contributed by atoms with Crippen LogP contribution in [0.25, 0.3) is 11.2 Å². The van der Waals surface area contributed by atoms with Crippen LogP contribution in [-0.2, 0) is 4.74 Å². The number of imidazole rings is 1. The lowest BCUT2D eigenvalue weighted by Crippen LogP contribution is -2.33. The first-order valence-corrected chi connectivity index (χ1v) is 5.78. The predicted octanol–water partition coefficient (Wildman–Crippen LogP) is -2.42. The average Bonchev–Trinajstić information content (AvgIpc) is 2.93. The molecule has 20 heavy (non-hydrogen) atoms. The molecule has 0 aliphatic carbocycles. The Kier molecular flexibility index (Phi) is 2.94. The lowest BCUT2D eigenvalue weighted by atomic mass is 10.1. The number of nitrogens with two attached hydrogens (primary N) is 1. The van der Waals surface area contributed by atoms with Gasteiger partial charge in [0.15, 0.2) is 17.4 Å². The van der Waals surface area contributed by atoms with Crippen molar-refractivity contribution in [2.45, 2.75) is 24.5 Å². The van der Waals surface area contributed by atoms with E-state index in [1.54, 1.807) is 0 Å². The second kappa shape index (κ2) is 4.52. The summed E-state index contributed by atoms with van der Waals surface area (Å²) < 4.78 is 11.2. The molecule has 1 saturated heterocycles. The normalized spacial score (nSPS) is 30.1. The fraction of sp³-hybridized carbons (Fsp3) is 0.500. The molecule has 10 nitrogen and oxygen atoms in total. The molecule has 0 saturated carbocycles. The van der Waals surface area contributed by atoms with Gasteiger partial charge in [-0.1, -0.05) is 0 Å². The minimum atomic E-state index is -1.31. The molecule has 3 heterocycles. The van der Waals surface area contributed by atoms with Gasteiger partial charge < -0.3 is 30.2 Å². The molecule has 2 aromatic heterocycles. The molecule has 0 spiro atoms. The van der Waals surface area contributed by atoms with Crippen LogP contribution >= 0.6 is 0 Å². The van der Waals surface area contributed by atoms with Crippen LogP contribution in [0.2, 0.25) is 0 Å². The third-order valence-corrected chi connectivity index (χ3v) is 3.17. The summed E-state index contributed by atoms with van der Waals surface area (Å²) in [7, 11) is 0. The van der Waals surface area contributed by atoms with Gasteiger partial charge in [-0.05, 0) is 0 Å². The van der Waals surface area contributed by atoms with Crippen LogP contribution in [-0.4, -0.2) is 54.8 Å². The monoisotopic (exact) mass is 284 g/mol. The van der Waals surface area contributed by atoms with E-state index in [2.05, 4.69) is 14.4 Å². The summed E-state index contributed by atoms with van der Waals surface area (Å²) in [5.74, 6) is 0. The van der Waals surface area contributed by atoms with Crippen molar-refractivity contribution in [3.8, 4) is 0 Å². The average molecular weight is 284 g/mol. The molecular weight excluding hydrogens is 272 g/mol. The standard InChI is InChI=1S/C10H12N4O6/c11-10-13-7-4(9(18)20-10)12-2-14(7)8-6(17)5(16)3(1-15)19-8/h2-3,5-6,8,15-17H,1H2,(H2,11,13)/t3-,5+,6?,8-/m1/s1. The van der Waals surface area contributed by atoms with E-state index in [9.17, 15) is 15.0 Å². The number of nitrogens with zero attached hydrogens (tertiary/aromatic N) is 3. The quantitative estimate of drug-likeness (QED) is 0.471. The van der Waals surface area contributed by atoms with E-state index in [4.69, 9.17) is 15.6 Å². The lowest BCUT2D eigenvalue weighted by molar-refractivity contribution is -0.0511. The van der Waals surface area contributed by atoms with Crippen molar-refractivity contribution in [3.05, 3.63) is 16.7 Å². The van der Waals surface area contributed by atoms with E-state index in [1.807, 2.05) is 0 Å². The first kappa shape index (κ1) is 13.0. The van der Waals surface area contributed by atoms with Crippen LogP contribution < -0.4 is 11.4 Å². The molecule has 1 fully saturated rings. The van der Waals surface area contributed by atoms with Gasteiger partial charge in [-0.25, -0.2) is 9.78 Å². The van der Waals surface area contributed by atoms with Crippen LogP contribution in [0.3, 0.4) is 0 Å². The highest BCUT2D eigenvalue weighted by molar-refractivity contribution is 5.69. The fourth-order valence-electron chi connectivity index (χ4n) is 2.18. The maximum absolute atomic E-state index is 11.5. The molecule has 4 atom stereocenters. The molecule has 1 aliphatic heterocycles. The third kappa shape index (κ3) is 1.78. The van der Waals surface area contributed by atoms with Gasteiger partial charge in [0.2, 0.25) is 0 Å². The van der Waals surface area contributed by atoms with Crippen LogP contribution in [0, 0.1) is 0 Å². The lowest BCUT2D eigenvalue weighted by Gasteiger charge is -2.16. The highest BCUT2D eigenvalue weighted by Crippen LogP contribution is 2.30. The van der Waals surface area contributed by atoms with E-state index < -0.39 is 36.8 Å². The van der Waals surface area contributed by atoms with Crippen molar-refractivity contribution in [2.24, 2.45) is 0 Å². The highest BCUT2D eigenvalue weighted by atomic mass is 16.6. The van der Waals surface area contributed by atoms with Gasteiger partial charge in [-0.2, -0.15) is 4.98 Å². The maximum Gasteiger partial charge on any atom is 0.368 e. The Labute approximate surface area is 111 Å². The number of anilines is 1. The van der Waals surface area contributed by atoms with Crippen molar-refractivity contribution in [3.63, 3.8) is 0 Å². The number of hydrogen-bond acceptors (Lipinski definition) is 9. The summed E-state index contributed by atoms with van der Waals surface area (Å²) in [5, 5.41) is 28.7.